The number of hydrogen-bond acceptors (Lipinski definition) is 1. The number of rotatable bonds is 3. The van der Waals surface area contributed by atoms with Gasteiger partial charge in [-0.15, -0.1) is 9.24 Å². The molecule has 0 aliphatic rings. The first-order chi connectivity index (χ1) is 3.62. The maximum Gasteiger partial charge on any atom is 0.0126 e. The van der Waals surface area contributed by atoms with Gasteiger partial charge in [-0.2, -0.15) is 0 Å². The summed E-state index contributed by atoms with van der Waals surface area (Å²) in [5, 5.41) is 0. The molecule has 0 amide bonds. The van der Waals surface area contributed by atoms with E-state index in [0.29, 0.717) is 0 Å². The van der Waals surface area contributed by atoms with Gasteiger partial charge in [0, 0.05) is 5.54 Å². The summed E-state index contributed by atoms with van der Waals surface area (Å²) in [5.74, 6) is 0. The van der Waals surface area contributed by atoms with Gasteiger partial charge in [0.2, 0.25) is 0 Å². The summed E-state index contributed by atoms with van der Waals surface area (Å²) >= 11 is 0. The summed E-state index contributed by atoms with van der Waals surface area (Å²) in [5.41, 5.74) is 5.88. The van der Waals surface area contributed by atoms with Crippen LogP contribution >= 0.6 is 9.24 Å². The van der Waals surface area contributed by atoms with Crippen LogP contribution < -0.4 is 5.73 Å². The third kappa shape index (κ3) is 3.40. The van der Waals surface area contributed by atoms with Crippen molar-refractivity contribution in [3.63, 3.8) is 0 Å². The van der Waals surface area contributed by atoms with Crippen LogP contribution in [-0.4, -0.2) is 11.7 Å². The van der Waals surface area contributed by atoms with Gasteiger partial charge in [-0.25, -0.2) is 0 Å². The monoisotopic (exact) mass is 133 g/mol. The Bertz CT molecular complexity index is 61.5. The second kappa shape index (κ2) is 3.42. The van der Waals surface area contributed by atoms with E-state index < -0.39 is 0 Å². The highest BCUT2D eigenvalue weighted by atomic mass is 31.0. The molecule has 0 saturated heterocycles. The molecule has 2 heteroatoms. The van der Waals surface area contributed by atoms with Gasteiger partial charge in [-0.1, -0.05) is 6.92 Å². The number of nitrogens with two attached hydrogens (primary N) is 1. The summed E-state index contributed by atoms with van der Waals surface area (Å²) in [4.78, 5) is 0. The molecular formula is C6H16NP. The molecule has 8 heavy (non-hydrogen) atoms. The smallest absolute Gasteiger partial charge is 0.0126 e. The zero-order valence-electron chi connectivity index (χ0n) is 5.78. The minimum absolute atomic E-state index is 0.0712. The summed E-state index contributed by atoms with van der Waals surface area (Å²) in [6.07, 6.45) is 3.29. The van der Waals surface area contributed by atoms with E-state index in [-0.39, 0.29) is 5.54 Å². The van der Waals surface area contributed by atoms with Gasteiger partial charge in [0.25, 0.3) is 0 Å². The highest BCUT2D eigenvalue weighted by Gasteiger charge is 2.12. The second-order valence-electron chi connectivity index (χ2n) is 2.55. The van der Waals surface area contributed by atoms with Crippen molar-refractivity contribution in [1.82, 2.24) is 0 Å². The van der Waals surface area contributed by atoms with Crippen molar-refractivity contribution in [1.29, 1.82) is 0 Å². The second-order valence-corrected chi connectivity index (χ2v) is 3.12. The van der Waals surface area contributed by atoms with Crippen molar-refractivity contribution >= 4 is 9.24 Å². The Balaban J connectivity index is 3.37. The zero-order valence-corrected chi connectivity index (χ0v) is 6.93. The van der Waals surface area contributed by atoms with Crippen molar-refractivity contribution < 1.29 is 0 Å². The Hall–Kier alpha value is 0.390. The van der Waals surface area contributed by atoms with Gasteiger partial charge < -0.3 is 5.73 Å². The van der Waals surface area contributed by atoms with Crippen molar-refractivity contribution in [3.8, 4) is 0 Å². The molecule has 0 bridgehead atoms. The Morgan fingerprint density at radius 3 is 2.25 bits per heavy atom. The molecular weight excluding hydrogens is 117 g/mol. The summed E-state index contributed by atoms with van der Waals surface area (Å²) in [6, 6.07) is 0. The van der Waals surface area contributed by atoms with Gasteiger partial charge in [-0.05, 0) is 25.9 Å². The van der Waals surface area contributed by atoms with Crippen molar-refractivity contribution in [2.75, 3.05) is 6.16 Å². The molecule has 0 aromatic rings. The molecule has 0 aromatic carbocycles. The molecule has 0 aliphatic heterocycles. The average molecular weight is 133 g/mol. The molecule has 0 fully saturated rings. The Kier molecular flexibility index (Phi) is 3.59. The molecule has 0 aliphatic carbocycles. The predicted octanol–water partition coefficient (Wildman–Crippen LogP) is 1.38. The summed E-state index contributed by atoms with van der Waals surface area (Å²) in [7, 11) is 2.69. The van der Waals surface area contributed by atoms with Crippen LogP contribution in [0.2, 0.25) is 0 Å². The molecule has 0 rings (SSSR count). The highest BCUT2D eigenvalue weighted by molar-refractivity contribution is 7.16. The van der Waals surface area contributed by atoms with E-state index in [4.69, 9.17) is 5.73 Å². The van der Waals surface area contributed by atoms with Gasteiger partial charge >= 0.3 is 0 Å². The van der Waals surface area contributed by atoms with E-state index in [1.165, 1.54) is 0 Å². The molecule has 2 unspecified atom stereocenters. The molecule has 50 valence electrons. The van der Waals surface area contributed by atoms with Crippen LogP contribution in [0, 0.1) is 0 Å². The highest BCUT2D eigenvalue weighted by Crippen LogP contribution is 2.10. The van der Waals surface area contributed by atoms with E-state index >= 15 is 0 Å². The molecule has 1 nitrogen and oxygen atoms in total. The van der Waals surface area contributed by atoms with E-state index in [1.807, 2.05) is 0 Å². The molecule has 2 atom stereocenters. The van der Waals surface area contributed by atoms with Crippen LogP contribution in [0.1, 0.15) is 26.7 Å². The summed E-state index contributed by atoms with van der Waals surface area (Å²) < 4.78 is 0. The topological polar surface area (TPSA) is 26.0 Å². The average Bonchev–Trinajstić information content (AvgIpc) is 1.67. The summed E-state index contributed by atoms with van der Waals surface area (Å²) in [6.45, 7) is 4.22. The van der Waals surface area contributed by atoms with Crippen molar-refractivity contribution in [2.45, 2.75) is 32.2 Å². The first-order valence-electron chi connectivity index (χ1n) is 3.11. The maximum atomic E-state index is 5.81. The SMILES string of the molecule is CCC(C)(N)CCP. The van der Waals surface area contributed by atoms with Gasteiger partial charge in [-0.3, -0.25) is 0 Å². The van der Waals surface area contributed by atoms with Gasteiger partial charge in [0.1, 0.15) is 0 Å². The van der Waals surface area contributed by atoms with Crippen LogP contribution in [0.3, 0.4) is 0 Å². The van der Waals surface area contributed by atoms with Crippen molar-refractivity contribution in [2.24, 2.45) is 5.73 Å². The van der Waals surface area contributed by atoms with E-state index in [9.17, 15) is 0 Å². The van der Waals surface area contributed by atoms with E-state index in [1.54, 1.807) is 0 Å². The molecule has 0 heterocycles. The third-order valence-electron chi connectivity index (χ3n) is 1.52. The van der Waals surface area contributed by atoms with Crippen LogP contribution in [0.5, 0.6) is 0 Å². The molecule has 0 spiro atoms. The van der Waals surface area contributed by atoms with Crippen LogP contribution in [0.25, 0.3) is 0 Å². The van der Waals surface area contributed by atoms with Crippen LogP contribution in [0.15, 0.2) is 0 Å². The zero-order chi connectivity index (χ0) is 6.62. The Morgan fingerprint density at radius 1 is 1.62 bits per heavy atom. The molecule has 0 saturated carbocycles. The van der Waals surface area contributed by atoms with E-state index in [0.717, 1.165) is 19.0 Å². The number of hydrogen-bond donors (Lipinski definition) is 1. The van der Waals surface area contributed by atoms with E-state index in [2.05, 4.69) is 23.1 Å². The lowest BCUT2D eigenvalue weighted by atomic mass is 9.97. The minimum Gasteiger partial charge on any atom is -0.325 e. The Morgan fingerprint density at radius 2 is 2.12 bits per heavy atom. The molecule has 0 aromatic heterocycles. The third-order valence-corrected chi connectivity index (χ3v) is 1.81. The fourth-order valence-electron chi connectivity index (χ4n) is 0.507. The first-order valence-corrected chi connectivity index (χ1v) is 3.93. The lowest BCUT2D eigenvalue weighted by Gasteiger charge is -2.20. The van der Waals surface area contributed by atoms with Crippen LogP contribution in [0.4, 0.5) is 0 Å². The lowest BCUT2D eigenvalue weighted by molar-refractivity contribution is 0.441. The lowest BCUT2D eigenvalue weighted by Crippen LogP contribution is -2.35. The fourth-order valence-corrected chi connectivity index (χ4v) is 1.17. The van der Waals surface area contributed by atoms with Crippen molar-refractivity contribution in [3.05, 3.63) is 0 Å². The van der Waals surface area contributed by atoms with Crippen LogP contribution in [-0.2, 0) is 0 Å². The first kappa shape index (κ1) is 8.39. The Labute approximate surface area is 54.2 Å². The quantitative estimate of drug-likeness (QED) is 0.578. The standard InChI is InChI=1S/C6H16NP/c1-3-6(2,7)4-5-8/h3-5,7-8H2,1-2H3. The maximum absolute atomic E-state index is 5.81. The predicted molar refractivity (Wildman–Crippen MR) is 42.1 cm³/mol. The largest absolute Gasteiger partial charge is 0.325 e. The minimum atomic E-state index is 0.0712. The fraction of sp³-hybridized carbons (Fsp3) is 1.00. The molecule has 0 radical (unpaired) electrons. The van der Waals surface area contributed by atoms with Gasteiger partial charge in [0.15, 0.2) is 0 Å². The molecule has 2 N–H and O–H groups in total. The van der Waals surface area contributed by atoms with Gasteiger partial charge in [0.05, 0.1) is 0 Å². The normalized spacial score (nSPS) is 18.0.